The van der Waals surface area contributed by atoms with Gasteiger partial charge in [0.05, 0.1) is 24.2 Å². The first-order chi connectivity index (χ1) is 11.2. The molecule has 1 saturated heterocycles. The van der Waals surface area contributed by atoms with Crippen LogP contribution in [0.3, 0.4) is 0 Å². The van der Waals surface area contributed by atoms with E-state index in [1.54, 1.807) is 16.4 Å². The Hall–Kier alpha value is -1.77. The van der Waals surface area contributed by atoms with Crippen LogP contribution >= 0.6 is 0 Å². The maximum atomic E-state index is 13.1. The molecular formula is C15H18N4O3S. The van der Waals surface area contributed by atoms with E-state index >= 15 is 0 Å². The van der Waals surface area contributed by atoms with E-state index in [0.29, 0.717) is 30.5 Å². The molecule has 122 valence electrons. The maximum Gasteiger partial charge on any atom is 0.243 e. The molecule has 1 atom stereocenters. The number of rotatable bonds is 3. The Morgan fingerprint density at radius 1 is 1.22 bits per heavy atom. The fourth-order valence-electron chi connectivity index (χ4n) is 3.29. The van der Waals surface area contributed by atoms with Crippen LogP contribution in [-0.4, -0.2) is 34.4 Å². The van der Waals surface area contributed by atoms with Crippen molar-refractivity contribution in [1.29, 1.82) is 0 Å². The molecule has 1 aromatic heterocycles. The zero-order valence-corrected chi connectivity index (χ0v) is 13.4. The molecule has 0 spiro atoms. The summed E-state index contributed by atoms with van der Waals surface area (Å²) in [6, 6.07) is 4.99. The van der Waals surface area contributed by atoms with E-state index < -0.39 is 10.0 Å². The average Bonchev–Trinajstić information content (AvgIpc) is 3.25. The van der Waals surface area contributed by atoms with E-state index in [9.17, 15) is 8.42 Å². The molecule has 1 aromatic carbocycles. The first kappa shape index (κ1) is 14.8. The highest BCUT2D eigenvalue weighted by Gasteiger charge is 2.36. The van der Waals surface area contributed by atoms with Crippen LogP contribution in [0.2, 0.25) is 0 Å². The van der Waals surface area contributed by atoms with Crippen LogP contribution in [0.15, 0.2) is 29.4 Å². The second kappa shape index (κ2) is 5.70. The van der Waals surface area contributed by atoms with Crippen LogP contribution in [0.4, 0.5) is 0 Å². The number of sulfonamides is 1. The summed E-state index contributed by atoms with van der Waals surface area (Å²) in [5.74, 6) is 0.609. The Bertz CT molecular complexity index is 804. The quantitative estimate of drug-likeness (QED) is 0.924. The van der Waals surface area contributed by atoms with Crippen LogP contribution in [0.5, 0.6) is 0 Å². The molecule has 4 rings (SSSR count). The molecule has 0 radical (unpaired) electrons. The predicted octanol–water partition coefficient (Wildman–Crippen LogP) is 1.75. The predicted molar refractivity (Wildman–Crippen MR) is 81.8 cm³/mol. The van der Waals surface area contributed by atoms with Gasteiger partial charge in [-0.1, -0.05) is 12.5 Å². The molecule has 0 aliphatic carbocycles. The number of aromatic amines is 1. The largest absolute Gasteiger partial charge is 0.372 e. The number of hydrogen-bond donors (Lipinski definition) is 1. The number of nitrogens with one attached hydrogen (secondary N) is 1. The van der Waals surface area contributed by atoms with Gasteiger partial charge >= 0.3 is 0 Å². The van der Waals surface area contributed by atoms with Crippen molar-refractivity contribution >= 4 is 10.0 Å². The third kappa shape index (κ3) is 2.56. The minimum atomic E-state index is -3.57. The van der Waals surface area contributed by atoms with Gasteiger partial charge < -0.3 is 4.74 Å². The van der Waals surface area contributed by atoms with Gasteiger partial charge in [-0.3, -0.25) is 5.10 Å². The fraction of sp³-hybridized carbons (Fsp3) is 0.467. The Morgan fingerprint density at radius 3 is 2.91 bits per heavy atom. The van der Waals surface area contributed by atoms with E-state index in [1.165, 1.54) is 6.33 Å². The van der Waals surface area contributed by atoms with Crippen molar-refractivity contribution in [2.75, 3.05) is 6.54 Å². The first-order valence-corrected chi connectivity index (χ1v) is 9.17. The standard InChI is InChI=1S/C15H18N4O3S/c20-23(21,13-5-4-11-8-22-9-12(11)7-13)19-6-2-1-3-14(19)15-16-10-17-18-15/h4-5,7,10,14H,1-3,6,8-9H2,(H,16,17,18). The molecule has 0 saturated carbocycles. The Balaban J connectivity index is 1.71. The smallest absolute Gasteiger partial charge is 0.243 e. The van der Waals surface area contributed by atoms with Crippen molar-refractivity contribution in [3.63, 3.8) is 0 Å². The minimum Gasteiger partial charge on any atom is -0.372 e. The van der Waals surface area contributed by atoms with Gasteiger partial charge in [0.25, 0.3) is 0 Å². The van der Waals surface area contributed by atoms with E-state index in [4.69, 9.17) is 4.74 Å². The third-order valence-electron chi connectivity index (χ3n) is 4.50. The van der Waals surface area contributed by atoms with Gasteiger partial charge in [0.2, 0.25) is 10.0 Å². The van der Waals surface area contributed by atoms with Crippen molar-refractivity contribution in [2.24, 2.45) is 0 Å². The summed E-state index contributed by atoms with van der Waals surface area (Å²) < 4.78 is 33.2. The van der Waals surface area contributed by atoms with E-state index in [2.05, 4.69) is 15.2 Å². The highest BCUT2D eigenvalue weighted by molar-refractivity contribution is 7.89. The number of piperidine rings is 1. The van der Waals surface area contributed by atoms with Gasteiger partial charge in [0, 0.05) is 6.54 Å². The molecule has 1 N–H and O–H groups in total. The molecule has 3 heterocycles. The molecule has 1 fully saturated rings. The number of ether oxygens (including phenoxy) is 1. The second-order valence-electron chi connectivity index (χ2n) is 5.92. The summed E-state index contributed by atoms with van der Waals surface area (Å²) in [4.78, 5) is 4.49. The first-order valence-electron chi connectivity index (χ1n) is 7.73. The number of H-pyrrole nitrogens is 1. The number of hydrogen-bond acceptors (Lipinski definition) is 5. The summed E-state index contributed by atoms with van der Waals surface area (Å²) >= 11 is 0. The van der Waals surface area contributed by atoms with E-state index in [-0.39, 0.29) is 6.04 Å². The van der Waals surface area contributed by atoms with Crippen LogP contribution in [-0.2, 0) is 28.0 Å². The number of fused-ring (bicyclic) bond motifs is 1. The van der Waals surface area contributed by atoms with Gasteiger partial charge in [0.15, 0.2) is 0 Å². The zero-order chi connectivity index (χ0) is 15.9. The molecular weight excluding hydrogens is 316 g/mol. The number of aromatic nitrogens is 3. The van der Waals surface area contributed by atoms with Crippen molar-refractivity contribution < 1.29 is 13.2 Å². The number of benzene rings is 1. The van der Waals surface area contributed by atoms with Crippen LogP contribution in [0.25, 0.3) is 0 Å². The van der Waals surface area contributed by atoms with E-state index in [1.807, 2.05) is 6.07 Å². The summed E-state index contributed by atoms with van der Waals surface area (Å²) in [5, 5.41) is 6.67. The minimum absolute atomic E-state index is 0.277. The number of nitrogens with zero attached hydrogens (tertiary/aromatic N) is 3. The normalized spacial score (nSPS) is 22.2. The summed E-state index contributed by atoms with van der Waals surface area (Å²) in [6.45, 7) is 1.53. The molecule has 0 amide bonds. The monoisotopic (exact) mass is 334 g/mol. The summed E-state index contributed by atoms with van der Waals surface area (Å²) in [7, 11) is -3.57. The SMILES string of the molecule is O=S(=O)(c1ccc2c(c1)COC2)N1CCCCC1c1ncn[nH]1. The lowest BCUT2D eigenvalue weighted by molar-refractivity contribution is 0.134. The zero-order valence-electron chi connectivity index (χ0n) is 12.6. The molecule has 23 heavy (non-hydrogen) atoms. The lowest BCUT2D eigenvalue weighted by atomic mass is 10.0. The third-order valence-corrected chi connectivity index (χ3v) is 6.41. The molecule has 7 nitrogen and oxygen atoms in total. The van der Waals surface area contributed by atoms with Gasteiger partial charge in [0.1, 0.15) is 12.2 Å². The molecule has 2 aliphatic rings. The molecule has 2 aliphatic heterocycles. The lowest BCUT2D eigenvalue weighted by Gasteiger charge is -2.33. The lowest BCUT2D eigenvalue weighted by Crippen LogP contribution is -2.39. The van der Waals surface area contributed by atoms with Gasteiger partial charge in [-0.25, -0.2) is 13.4 Å². The Morgan fingerprint density at radius 2 is 2.09 bits per heavy atom. The highest BCUT2D eigenvalue weighted by atomic mass is 32.2. The van der Waals surface area contributed by atoms with Crippen molar-refractivity contribution in [1.82, 2.24) is 19.5 Å². The van der Waals surface area contributed by atoms with Gasteiger partial charge in [-0.05, 0) is 36.1 Å². The van der Waals surface area contributed by atoms with Crippen molar-refractivity contribution in [3.05, 3.63) is 41.5 Å². The van der Waals surface area contributed by atoms with Crippen LogP contribution in [0, 0.1) is 0 Å². The van der Waals surface area contributed by atoms with Crippen molar-refractivity contribution in [2.45, 2.75) is 43.4 Å². The molecule has 0 bridgehead atoms. The van der Waals surface area contributed by atoms with Crippen molar-refractivity contribution in [3.8, 4) is 0 Å². The van der Waals surface area contributed by atoms with Gasteiger partial charge in [-0.15, -0.1) is 0 Å². The Labute approximate surface area is 134 Å². The van der Waals surface area contributed by atoms with Crippen LogP contribution in [0.1, 0.15) is 42.3 Å². The summed E-state index contributed by atoms with van der Waals surface area (Å²) in [6.07, 6.45) is 4.01. The fourth-order valence-corrected chi connectivity index (χ4v) is 5.00. The van der Waals surface area contributed by atoms with Crippen LogP contribution < -0.4 is 0 Å². The maximum absolute atomic E-state index is 13.1. The van der Waals surface area contributed by atoms with Gasteiger partial charge in [-0.2, -0.15) is 9.40 Å². The highest BCUT2D eigenvalue weighted by Crippen LogP contribution is 2.34. The Kier molecular flexibility index (Phi) is 3.67. The topological polar surface area (TPSA) is 88.2 Å². The average molecular weight is 334 g/mol. The molecule has 1 unspecified atom stereocenters. The second-order valence-corrected chi connectivity index (χ2v) is 7.81. The van der Waals surface area contributed by atoms with E-state index in [0.717, 1.165) is 30.4 Å². The summed E-state index contributed by atoms with van der Waals surface area (Å²) in [5.41, 5.74) is 2.02. The molecule has 8 heteroatoms. The molecule has 2 aromatic rings.